The lowest BCUT2D eigenvalue weighted by atomic mass is 10.00. The smallest absolute Gasteiger partial charge is 0.227 e. The first-order chi connectivity index (χ1) is 12.2. The highest BCUT2D eigenvalue weighted by molar-refractivity contribution is 5.77. The van der Waals surface area contributed by atoms with Crippen molar-refractivity contribution in [3.8, 4) is 11.4 Å². The first-order valence-electron chi connectivity index (χ1n) is 9.23. The quantitative estimate of drug-likeness (QED) is 0.862. The molecule has 2 aromatic rings. The molecule has 1 aromatic heterocycles. The Morgan fingerprint density at radius 1 is 1.00 bits per heavy atom. The predicted octanol–water partition coefficient (Wildman–Crippen LogP) is 2.46. The molecule has 0 unspecified atom stereocenters. The number of carbonyl (C=O) groups excluding carboxylic acids is 1. The second-order valence-corrected chi connectivity index (χ2v) is 7.01. The maximum absolute atomic E-state index is 12.1. The number of likely N-dealkylation sites (tertiary alicyclic amines) is 1. The molecule has 0 spiro atoms. The first kappa shape index (κ1) is 16.1. The maximum atomic E-state index is 12.1. The van der Waals surface area contributed by atoms with Gasteiger partial charge in [0.2, 0.25) is 11.9 Å². The van der Waals surface area contributed by atoms with E-state index in [9.17, 15) is 4.79 Å². The molecule has 3 heterocycles. The number of rotatable bonds is 3. The fourth-order valence-corrected chi connectivity index (χ4v) is 4.03. The Labute approximate surface area is 148 Å². The van der Waals surface area contributed by atoms with Crippen molar-refractivity contribution in [2.45, 2.75) is 38.1 Å². The van der Waals surface area contributed by atoms with Crippen LogP contribution in [0.5, 0.6) is 0 Å². The highest BCUT2D eigenvalue weighted by atomic mass is 16.2. The molecule has 2 fully saturated rings. The van der Waals surface area contributed by atoms with Gasteiger partial charge in [-0.15, -0.1) is 10.2 Å². The van der Waals surface area contributed by atoms with Crippen LogP contribution in [0.4, 0.5) is 5.95 Å². The zero-order valence-corrected chi connectivity index (χ0v) is 14.8. The van der Waals surface area contributed by atoms with E-state index in [2.05, 4.69) is 36.7 Å². The van der Waals surface area contributed by atoms with Gasteiger partial charge in [-0.05, 0) is 25.7 Å². The number of hydrogen-bond donors (Lipinski definition) is 0. The van der Waals surface area contributed by atoms with Gasteiger partial charge in [-0.1, -0.05) is 30.3 Å². The molecule has 2 saturated heterocycles. The Morgan fingerprint density at radius 3 is 2.48 bits per heavy atom. The van der Waals surface area contributed by atoms with Crippen LogP contribution in [-0.4, -0.2) is 51.2 Å². The Balaban J connectivity index is 1.45. The van der Waals surface area contributed by atoms with Crippen molar-refractivity contribution >= 4 is 11.9 Å². The van der Waals surface area contributed by atoms with Gasteiger partial charge >= 0.3 is 0 Å². The third-order valence-electron chi connectivity index (χ3n) is 5.43. The van der Waals surface area contributed by atoms with E-state index in [1.807, 2.05) is 25.2 Å². The van der Waals surface area contributed by atoms with Gasteiger partial charge in [0.05, 0.1) is 0 Å². The summed E-state index contributed by atoms with van der Waals surface area (Å²) in [5.74, 6) is 2.15. The van der Waals surface area contributed by atoms with Crippen LogP contribution in [0.1, 0.15) is 32.1 Å². The highest BCUT2D eigenvalue weighted by Crippen LogP contribution is 2.26. The van der Waals surface area contributed by atoms with E-state index < -0.39 is 0 Å². The maximum Gasteiger partial charge on any atom is 0.227 e. The lowest BCUT2D eigenvalue weighted by Gasteiger charge is -2.40. The number of nitrogens with zero attached hydrogens (tertiary/aromatic N) is 5. The molecule has 2 aliphatic heterocycles. The number of benzene rings is 1. The molecule has 0 bridgehead atoms. The van der Waals surface area contributed by atoms with Crippen molar-refractivity contribution in [2.24, 2.45) is 7.05 Å². The van der Waals surface area contributed by atoms with Crippen LogP contribution in [-0.2, 0) is 11.8 Å². The van der Waals surface area contributed by atoms with E-state index in [0.29, 0.717) is 11.9 Å². The largest absolute Gasteiger partial charge is 0.341 e. The molecule has 1 aromatic carbocycles. The van der Waals surface area contributed by atoms with Gasteiger partial charge in [0.15, 0.2) is 5.82 Å². The van der Waals surface area contributed by atoms with Crippen LogP contribution < -0.4 is 4.90 Å². The van der Waals surface area contributed by atoms with Crippen LogP contribution in [0.15, 0.2) is 30.3 Å². The second kappa shape index (κ2) is 6.86. The monoisotopic (exact) mass is 339 g/mol. The standard InChI is InChI=1S/C19H25N5O/c1-22-18(15-7-3-2-4-8-15)20-21-19(22)23-13-10-16(11-14-23)24-12-6-5-9-17(24)25/h2-4,7-8,16H,5-6,9-14H2,1H3. The predicted molar refractivity (Wildman–Crippen MR) is 97.2 cm³/mol. The third kappa shape index (κ3) is 3.13. The minimum Gasteiger partial charge on any atom is -0.341 e. The summed E-state index contributed by atoms with van der Waals surface area (Å²) < 4.78 is 2.07. The normalized spacial score (nSPS) is 19.5. The molecule has 2 aliphatic rings. The van der Waals surface area contributed by atoms with Crippen molar-refractivity contribution in [3.63, 3.8) is 0 Å². The summed E-state index contributed by atoms with van der Waals surface area (Å²) in [4.78, 5) is 16.6. The molecule has 25 heavy (non-hydrogen) atoms. The van der Waals surface area contributed by atoms with Crippen LogP contribution in [0.2, 0.25) is 0 Å². The Morgan fingerprint density at radius 2 is 1.76 bits per heavy atom. The molecule has 0 radical (unpaired) electrons. The van der Waals surface area contributed by atoms with Crippen LogP contribution in [0.25, 0.3) is 11.4 Å². The molecule has 0 aliphatic carbocycles. The van der Waals surface area contributed by atoms with Gasteiger partial charge in [-0.25, -0.2) is 0 Å². The van der Waals surface area contributed by atoms with Crippen LogP contribution in [0.3, 0.4) is 0 Å². The summed E-state index contributed by atoms with van der Waals surface area (Å²) in [5, 5.41) is 8.82. The van der Waals surface area contributed by atoms with Gasteiger partial charge in [0, 0.05) is 44.7 Å². The number of anilines is 1. The van der Waals surface area contributed by atoms with Crippen LogP contribution in [0, 0.1) is 0 Å². The van der Waals surface area contributed by atoms with Gasteiger partial charge in [-0.2, -0.15) is 0 Å². The van der Waals surface area contributed by atoms with Gasteiger partial charge in [-0.3, -0.25) is 9.36 Å². The first-order valence-corrected chi connectivity index (χ1v) is 9.23. The van der Waals surface area contributed by atoms with Crippen LogP contribution >= 0.6 is 0 Å². The van der Waals surface area contributed by atoms with Crippen molar-refractivity contribution in [2.75, 3.05) is 24.5 Å². The molecular weight excluding hydrogens is 314 g/mol. The summed E-state index contributed by atoms with van der Waals surface area (Å²) in [5.41, 5.74) is 1.08. The number of amides is 1. The van der Waals surface area contributed by atoms with Gasteiger partial charge in [0.25, 0.3) is 0 Å². The molecule has 132 valence electrons. The summed E-state index contributed by atoms with van der Waals surface area (Å²) >= 11 is 0. The molecule has 4 rings (SSSR count). The fourth-order valence-electron chi connectivity index (χ4n) is 4.03. The van der Waals surface area contributed by atoms with E-state index in [0.717, 1.165) is 69.1 Å². The minimum atomic E-state index is 0.342. The average Bonchev–Trinajstić information content (AvgIpc) is 3.04. The average molecular weight is 339 g/mol. The molecule has 6 nitrogen and oxygen atoms in total. The Kier molecular flexibility index (Phi) is 4.42. The molecule has 0 atom stereocenters. The van der Waals surface area contributed by atoms with Crippen molar-refractivity contribution in [3.05, 3.63) is 30.3 Å². The van der Waals surface area contributed by atoms with E-state index in [1.54, 1.807) is 0 Å². The van der Waals surface area contributed by atoms with Gasteiger partial charge in [0.1, 0.15) is 0 Å². The number of carbonyl (C=O) groups is 1. The second-order valence-electron chi connectivity index (χ2n) is 7.01. The van der Waals surface area contributed by atoms with E-state index in [4.69, 9.17) is 0 Å². The molecule has 0 N–H and O–H groups in total. The topological polar surface area (TPSA) is 54.3 Å². The molecule has 0 saturated carbocycles. The Hall–Kier alpha value is -2.37. The SMILES string of the molecule is Cn1c(-c2ccccc2)nnc1N1CCC(N2CCCCC2=O)CC1. The highest BCUT2D eigenvalue weighted by Gasteiger charge is 2.30. The number of aromatic nitrogens is 3. The molecule has 1 amide bonds. The number of hydrogen-bond acceptors (Lipinski definition) is 4. The van der Waals surface area contributed by atoms with E-state index in [-0.39, 0.29) is 0 Å². The van der Waals surface area contributed by atoms with Crippen molar-refractivity contribution in [1.82, 2.24) is 19.7 Å². The molecular formula is C19H25N5O. The summed E-state index contributed by atoms with van der Waals surface area (Å²) in [7, 11) is 2.03. The molecule has 6 heteroatoms. The summed E-state index contributed by atoms with van der Waals surface area (Å²) in [6.45, 7) is 2.79. The van der Waals surface area contributed by atoms with Gasteiger partial charge < -0.3 is 9.80 Å². The van der Waals surface area contributed by atoms with E-state index in [1.165, 1.54) is 0 Å². The zero-order valence-electron chi connectivity index (χ0n) is 14.8. The zero-order chi connectivity index (χ0) is 17.2. The Bertz CT molecular complexity index is 734. The lowest BCUT2D eigenvalue weighted by molar-refractivity contribution is -0.136. The van der Waals surface area contributed by atoms with Crippen molar-refractivity contribution < 1.29 is 4.79 Å². The lowest BCUT2D eigenvalue weighted by Crippen LogP contribution is -2.49. The summed E-state index contributed by atoms with van der Waals surface area (Å²) in [6.07, 6.45) is 4.95. The number of piperidine rings is 2. The minimum absolute atomic E-state index is 0.342. The van der Waals surface area contributed by atoms with E-state index >= 15 is 0 Å². The third-order valence-corrected chi connectivity index (χ3v) is 5.43. The van der Waals surface area contributed by atoms with Crippen molar-refractivity contribution in [1.29, 1.82) is 0 Å². The fraction of sp³-hybridized carbons (Fsp3) is 0.526. The summed E-state index contributed by atoms with van der Waals surface area (Å²) in [6, 6.07) is 10.6.